The van der Waals surface area contributed by atoms with Crippen LogP contribution in [0.4, 0.5) is 5.69 Å². The fourth-order valence-electron chi connectivity index (χ4n) is 1.66. The zero-order chi connectivity index (χ0) is 13.5. The van der Waals surface area contributed by atoms with Gasteiger partial charge in [-0.05, 0) is 31.9 Å². The van der Waals surface area contributed by atoms with Gasteiger partial charge in [0.25, 0.3) is 5.91 Å². The zero-order valence-electron chi connectivity index (χ0n) is 11.3. The SMILES string of the molecule is CCC(CC)NC(=O)C(C)Oc1cccc(N)c1. The van der Waals surface area contributed by atoms with Crippen molar-refractivity contribution in [2.75, 3.05) is 5.73 Å². The van der Waals surface area contributed by atoms with E-state index < -0.39 is 6.10 Å². The van der Waals surface area contributed by atoms with E-state index in [0.717, 1.165) is 12.8 Å². The molecule has 0 saturated carbocycles. The zero-order valence-corrected chi connectivity index (χ0v) is 11.3. The van der Waals surface area contributed by atoms with Gasteiger partial charge in [0.2, 0.25) is 0 Å². The summed E-state index contributed by atoms with van der Waals surface area (Å²) in [5.74, 6) is 0.522. The predicted molar refractivity (Wildman–Crippen MR) is 73.5 cm³/mol. The Kier molecular flexibility index (Phi) is 5.49. The van der Waals surface area contributed by atoms with E-state index in [1.165, 1.54) is 0 Å². The summed E-state index contributed by atoms with van der Waals surface area (Å²) >= 11 is 0. The van der Waals surface area contributed by atoms with Gasteiger partial charge in [-0.1, -0.05) is 19.9 Å². The van der Waals surface area contributed by atoms with Crippen molar-refractivity contribution in [2.24, 2.45) is 0 Å². The van der Waals surface area contributed by atoms with Crippen LogP contribution in [-0.2, 0) is 4.79 Å². The largest absolute Gasteiger partial charge is 0.481 e. The number of rotatable bonds is 6. The third-order valence-electron chi connectivity index (χ3n) is 2.87. The molecule has 1 unspecified atom stereocenters. The van der Waals surface area contributed by atoms with E-state index in [4.69, 9.17) is 10.5 Å². The number of nitrogens with one attached hydrogen (secondary N) is 1. The molecule has 0 aliphatic carbocycles. The summed E-state index contributed by atoms with van der Waals surface area (Å²) < 4.78 is 5.55. The molecule has 1 amide bonds. The molecule has 0 bridgehead atoms. The number of hydrogen-bond donors (Lipinski definition) is 2. The van der Waals surface area contributed by atoms with Crippen molar-refractivity contribution < 1.29 is 9.53 Å². The number of carbonyl (C=O) groups is 1. The Labute approximate surface area is 109 Å². The highest BCUT2D eigenvalue weighted by molar-refractivity contribution is 5.81. The van der Waals surface area contributed by atoms with Crippen LogP contribution >= 0.6 is 0 Å². The van der Waals surface area contributed by atoms with E-state index in [-0.39, 0.29) is 11.9 Å². The number of ether oxygens (including phenoxy) is 1. The summed E-state index contributed by atoms with van der Waals surface area (Å²) in [7, 11) is 0. The van der Waals surface area contributed by atoms with Crippen LogP contribution < -0.4 is 15.8 Å². The van der Waals surface area contributed by atoms with Gasteiger partial charge in [-0.25, -0.2) is 0 Å². The lowest BCUT2D eigenvalue weighted by molar-refractivity contribution is -0.128. The van der Waals surface area contributed by atoms with Crippen LogP contribution in [-0.4, -0.2) is 18.1 Å². The molecule has 1 rings (SSSR count). The van der Waals surface area contributed by atoms with E-state index in [9.17, 15) is 4.79 Å². The van der Waals surface area contributed by atoms with Crippen molar-refractivity contribution >= 4 is 11.6 Å². The fourth-order valence-corrected chi connectivity index (χ4v) is 1.66. The number of benzene rings is 1. The standard InChI is InChI=1S/C14H22N2O2/c1-4-12(5-2)16-14(17)10(3)18-13-8-6-7-11(15)9-13/h6-10,12H,4-5,15H2,1-3H3,(H,16,17). The Morgan fingerprint density at radius 3 is 2.61 bits per heavy atom. The maximum atomic E-state index is 11.9. The number of amides is 1. The van der Waals surface area contributed by atoms with Crippen molar-refractivity contribution in [2.45, 2.75) is 45.8 Å². The third-order valence-corrected chi connectivity index (χ3v) is 2.87. The summed E-state index contributed by atoms with van der Waals surface area (Å²) in [6.07, 6.45) is 1.33. The van der Waals surface area contributed by atoms with E-state index in [1.54, 1.807) is 31.2 Å². The molecular weight excluding hydrogens is 228 g/mol. The van der Waals surface area contributed by atoms with Gasteiger partial charge in [0.1, 0.15) is 5.75 Å². The highest BCUT2D eigenvalue weighted by Gasteiger charge is 2.17. The molecule has 1 atom stereocenters. The molecule has 100 valence electrons. The lowest BCUT2D eigenvalue weighted by Gasteiger charge is -2.19. The van der Waals surface area contributed by atoms with Gasteiger partial charge in [-0.15, -0.1) is 0 Å². The normalized spacial score (nSPS) is 12.2. The first-order chi connectivity index (χ1) is 8.56. The fraction of sp³-hybridized carbons (Fsp3) is 0.500. The number of nitrogens with two attached hydrogens (primary N) is 1. The van der Waals surface area contributed by atoms with Gasteiger partial charge in [-0.3, -0.25) is 4.79 Å². The molecule has 0 spiro atoms. The number of anilines is 1. The quantitative estimate of drug-likeness (QED) is 0.762. The summed E-state index contributed by atoms with van der Waals surface area (Å²) in [6, 6.07) is 7.29. The Morgan fingerprint density at radius 1 is 1.39 bits per heavy atom. The molecule has 4 heteroatoms. The van der Waals surface area contributed by atoms with Crippen molar-refractivity contribution in [3.8, 4) is 5.75 Å². The highest BCUT2D eigenvalue weighted by atomic mass is 16.5. The first-order valence-electron chi connectivity index (χ1n) is 6.39. The molecule has 0 aliphatic rings. The Hall–Kier alpha value is -1.71. The summed E-state index contributed by atoms with van der Waals surface area (Å²) in [4.78, 5) is 11.9. The Balaban J connectivity index is 2.54. The van der Waals surface area contributed by atoms with Crippen molar-refractivity contribution in [3.05, 3.63) is 24.3 Å². The molecule has 1 aromatic carbocycles. The van der Waals surface area contributed by atoms with Crippen LogP contribution in [0.1, 0.15) is 33.6 Å². The highest BCUT2D eigenvalue weighted by Crippen LogP contribution is 2.16. The first-order valence-corrected chi connectivity index (χ1v) is 6.39. The minimum Gasteiger partial charge on any atom is -0.481 e. The molecule has 4 nitrogen and oxygen atoms in total. The lowest BCUT2D eigenvalue weighted by Crippen LogP contribution is -2.42. The molecule has 0 aromatic heterocycles. The third kappa shape index (κ3) is 4.28. The molecule has 0 radical (unpaired) electrons. The second-order valence-corrected chi connectivity index (χ2v) is 4.35. The van der Waals surface area contributed by atoms with E-state index in [2.05, 4.69) is 19.2 Å². The van der Waals surface area contributed by atoms with Gasteiger partial charge in [-0.2, -0.15) is 0 Å². The van der Waals surface area contributed by atoms with Crippen molar-refractivity contribution in [1.29, 1.82) is 0 Å². The van der Waals surface area contributed by atoms with Gasteiger partial charge >= 0.3 is 0 Å². The smallest absolute Gasteiger partial charge is 0.260 e. The lowest BCUT2D eigenvalue weighted by atomic mass is 10.1. The first kappa shape index (κ1) is 14.4. The van der Waals surface area contributed by atoms with E-state index in [1.807, 2.05) is 0 Å². The van der Waals surface area contributed by atoms with E-state index in [0.29, 0.717) is 11.4 Å². The molecular formula is C14H22N2O2. The van der Waals surface area contributed by atoms with Crippen molar-refractivity contribution in [1.82, 2.24) is 5.32 Å². The number of nitrogen functional groups attached to an aromatic ring is 1. The molecule has 0 saturated heterocycles. The topological polar surface area (TPSA) is 64.3 Å². The maximum Gasteiger partial charge on any atom is 0.260 e. The second-order valence-electron chi connectivity index (χ2n) is 4.35. The molecule has 0 fully saturated rings. The van der Waals surface area contributed by atoms with Gasteiger partial charge in [0, 0.05) is 17.8 Å². The average Bonchev–Trinajstić information content (AvgIpc) is 2.35. The Bertz CT molecular complexity index is 389. The van der Waals surface area contributed by atoms with Crippen LogP contribution in [0.2, 0.25) is 0 Å². The van der Waals surface area contributed by atoms with Gasteiger partial charge in [0.15, 0.2) is 6.10 Å². The van der Waals surface area contributed by atoms with Gasteiger partial charge < -0.3 is 15.8 Å². The van der Waals surface area contributed by atoms with Crippen LogP contribution in [0.3, 0.4) is 0 Å². The summed E-state index contributed by atoms with van der Waals surface area (Å²) in [6.45, 7) is 5.84. The number of hydrogen-bond acceptors (Lipinski definition) is 3. The Morgan fingerprint density at radius 2 is 2.06 bits per heavy atom. The van der Waals surface area contributed by atoms with Crippen LogP contribution in [0.25, 0.3) is 0 Å². The number of carbonyl (C=O) groups excluding carboxylic acids is 1. The van der Waals surface area contributed by atoms with E-state index >= 15 is 0 Å². The minimum absolute atomic E-state index is 0.0916. The maximum absolute atomic E-state index is 11.9. The molecule has 0 heterocycles. The van der Waals surface area contributed by atoms with Crippen LogP contribution in [0, 0.1) is 0 Å². The van der Waals surface area contributed by atoms with Gasteiger partial charge in [0.05, 0.1) is 0 Å². The summed E-state index contributed by atoms with van der Waals surface area (Å²) in [5.41, 5.74) is 6.28. The predicted octanol–water partition coefficient (Wildman–Crippen LogP) is 2.34. The molecule has 18 heavy (non-hydrogen) atoms. The van der Waals surface area contributed by atoms with Crippen LogP contribution in [0.5, 0.6) is 5.75 Å². The van der Waals surface area contributed by atoms with Crippen LogP contribution in [0.15, 0.2) is 24.3 Å². The molecule has 0 aliphatic heterocycles. The average molecular weight is 250 g/mol. The monoisotopic (exact) mass is 250 g/mol. The molecule has 1 aromatic rings. The van der Waals surface area contributed by atoms with Crippen molar-refractivity contribution in [3.63, 3.8) is 0 Å². The minimum atomic E-state index is -0.521. The summed E-state index contributed by atoms with van der Waals surface area (Å²) in [5, 5.41) is 2.96. The second kappa shape index (κ2) is 6.89. The molecule has 3 N–H and O–H groups in total.